The Labute approximate surface area is 129 Å². The fourth-order valence-corrected chi connectivity index (χ4v) is 4.97. The van der Waals surface area contributed by atoms with E-state index in [0.29, 0.717) is 11.3 Å². The van der Waals surface area contributed by atoms with Crippen LogP contribution in [0.5, 0.6) is 0 Å². The largest absolute Gasteiger partial charge is 0.343 e. The molecule has 1 N–H and O–H groups in total. The van der Waals surface area contributed by atoms with E-state index in [2.05, 4.69) is 10.2 Å². The second kappa shape index (κ2) is 7.13. The summed E-state index contributed by atoms with van der Waals surface area (Å²) in [5.41, 5.74) is 0.625. The van der Waals surface area contributed by atoms with Crippen LogP contribution in [0.25, 0.3) is 0 Å². The minimum absolute atomic E-state index is 0.372. The molecule has 1 aliphatic heterocycles. The number of carbonyl (C=O) groups is 1. The minimum atomic E-state index is 0.372. The average Bonchev–Trinajstić information content (AvgIpc) is 2.92. The first-order valence-corrected chi connectivity index (χ1v) is 9.31. The summed E-state index contributed by atoms with van der Waals surface area (Å²) >= 11 is 0. The van der Waals surface area contributed by atoms with Gasteiger partial charge in [0.05, 0.1) is 0 Å². The predicted octanol–water partition coefficient (Wildman–Crippen LogP) is 3.48. The van der Waals surface area contributed by atoms with Gasteiger partial charge in [0, 0.05) is 25.6 Å². The van der Waals surface area contributed by atoms with Crippen LogP contribution in [-0.4, -0.2) is 36.5 Å². The van der Waals surface area contributed by atoms with Crippen molar-refractivity contribution >= 4 is 5.91 Å². The van der Waals surface area contributed by atoms with Crippen LogP contribution in [0.2, 0.25) is 0 Å². The molecule has 1 heterocycles. The van der Waals surface area contributed by atoms with Gasteiger partial charge in [-0.1, -0.05) is 32.1 Å². The molecule has 3 rings (SSSR count). The number of hydrogen-bond donors (Lipinski definition) is 1. The van der Waals surface area contributed by atoms with Crippen LogP contribution in [0.1, 0.15) is 77.0 Å². The van der Waals surface area contributed by atoms with Gasteiger partial charge in [0.25, 0.3) is 0 Å². The molecule has 3 aliphatic rings. The lowest BCUT2D eigenvalue weighted by Gasteiger charge is -2.47. The van der Waals surface area contributed by atoms with Crippen LogP contribution in [0.15, 0.2) is 0 Å². The molecule has 21 heavy (non-hydrogen) atoms. The van der Waals surface area contributed by atoms with E-state index in [4.69, 9.17) is 0 Å². The Morgan fingerprint density at radius 3 is 2.52 bits per heavy atom. The first kappa shape index (κ1) is 15.3. The fraction of sp³-hybridized carbons (Fsp3) is 0.944. The number of carbonyl (C=O) groups excluding carboxylic acids is 1. The fourth-order valence-electron chi connectivity index (χ4n) is 4.97. The number of rotatable bonds is 5. The molecule has 1 spiro atoms. The number of nitrogens with one attached hydrogen (secondary N) is 1. The van der Waals surface area contributed by atoms with Gasteiger partial charge < -0.3 is 10.2 Å². The molecule has 0 bridgehead atoms. The van der Waals surface area contributed by atoms with Crippen molar-refractivity contribution in [3.8, 4) is 0 Å². The van der Waals surface area contributed by atoms with Gasteiger partial charge in [-0.3, -0.25) is 4.79 Å². The van der Waals surface area contributed by atoms with E-state index >= 15 is 0 Å². The van der Waals surface area contributed by atoms with Crippen LogP contribution in [-0.2, 0) is 4.79 Å². The summed E-state index contributed by atoms with van der Waals surface area (Å²) in [5.74, 6) is 0.372. The third kappa shape index (κ3) is 3.61. The Balaban J connectivity index is 1.43. The van der Waals surface area contributed by atoms with Gasteiger partial charge in [-0.2, -0.15) is 0 Å². The van der Waals surface area contributed by atoms with Gasteiger partial charge >= 0.3 is 0 Å². The number of nitrogens with zero attached hydrogens (tertiary/aromatic N) is 1. The van der Waals surface area contributed by atoms with Crippen molar-refractivity contribution in [2.45, 2.75) is 83.1 Å². The summed E-state index contributed by atoms with van der Waals surface area (Å²) in [6.45, 7) is 3.05. The molecule has 2 saturated carbocycles. The summed E-state index contributed by atoms with van der Waals surface area (Å²) in [7, 11) is 0. The second-order valence-corrected chi connectivity index (χ2v) is 7.51. The number of likely N-dealkylation sites (tertiary alicyclic amines) is 1. The van der Waals surface area contributed by atoms with Crippen molar-refractivity contribution in [2.75, 3.05) is 19.6 Å². The zero-order valence-corrected chi connectivity index (χ0v) is 13.5. The molecule has 0 aromatic carbocycles. The van der Waals surface area contributed by atoms with E-state index in [1.807, 2.05) is 0 Å². The lowest BCUT2D eigenvalue weighted by molar-refractivity contribution is -0.127. The van der Waals surface area contributed by atoms with Gasteiger partial charge in [0.1, 0.15) is 0 Å². The Morgan fingerprint density at radius 1 is 1.05 bits per heavy atom. The van der Waals surface area contributed by atoms with Crippen molar-refractivity contribution in [3.05, 3.63) is 0 Å². The molecule has 1 amide bonds. The highest BCUT2D eigenvalue weighted by molar-refractivity contribution is 5.77. The lowest BCUT2D eigenvalue weighted by atomic mass is 9.62. The van der Waals surface area contributed by atoms with E-state index in [9.17, 15) is 4.79 Å². The quantitative estimate of drug-likeness (QED) is 0.787. The smallest absolute Gasteiger partial charge is 0.222 e. The summed E-state index contributed by atoms with van der Waals surface area (Å²) in [5, 5.41) is 3.88. The van der Waals surface area contributed by atoms with Crippen LogP contribution < -0.4 is 5.32 Å². The van der Waals surface area contributed by atoms with Gasteiger partial charge in [-0.15, -0.1) is 0 Å². The molecule has 0 radical (unpaired) electrons. The van der Waals surface area contributed by atoms with Crippen LogP contribution in [0.3, 0.4) is 0 Å². The molecule has 3 fully saturated rings. The normalized spacial score (nSPS) is 29.2. The van der Waals surface area contributed by atoms with Crippen molar-refractivity contribution in [1.29, 1.82) is 0 Å². The highest BCUT2D eigenvalue weighted by Crippen LogP contribution is 2.47. The Hall–Kier alpha value is -0.570. The summed E-state index contributed by atoms with van der Waals surface area (Å²) in [4.78, 5) is 13.7. The predicted molar refractivity (Wildman–Crippen MR) is 86.2 cm³/mol. The molecule has 1 saturated heterocycles. The standard InChI is InChI=1S/C18H32N2O/c21-17-9-6-14-20(17)15-7-13-19-16-8-2-5-12-18(16)10-3-1-4-11-18/h16,19H,1-15H2/t16-/m0/s1. The zero-order valence-electron chi connectivity index (χ0n) is 13.5. The molecular weight excluding hydrogens is 260 g/mol. The van der Waals surface area contributed by atoms with Crippen molar-refractivity contribution in [3.63, 3.8) is 0 Å². The Kier molecular flexibility index (Phi) is 5.20. The number of amides is 1. The first-order chi connectivity index (χ1) is 10.3. The second-order valence-electron chi connectivity index (χ2n) is 7.51. The highest BCUT2D eigenvalue weighted by atomic mass is 16.2. The van der Waals surface area contributed by atoms with Crippen LogP contribution >= 0.6 is 0 Å². The lowest BCUT2D eigenvalue weighted by Crippen LogP contribution is -2.49. The molecule has 0 aromatic heterocycles. The molecule has 120 valence electrons. The summed E-state index contributed by atoms with van der Waals surface area (Å²) < 4.78 is 0. The zero-order chi connectivity index (χ0) is 14.5. The SMILES string of the molecule is O=C1CCCN1CCCN[C@H]1CCCCC12CCCCC2. The summed E-state index contributed by atoms with van der Waals surface area (Å²) in [6, 6.07) is 0.751. The van der Waals surface area contributed by atoms with Gasteiger partial charge in [0.15, 0.2) is 0 Å². The van der Waals surface area contributed by atoms with E-state index in [0.717, 1.165) is 44.9 Å². The maximum atomic E-state index is 11.6. The van der Waals surface area contributed by atoms with Gasteiger partial charge in [-0.05, 0) is 50.5 Å². The van der Waals surface area contributed by atoms with E-state index in [-0.39, 0.29) is 0 Å². The Morgan fingerprint density at radius 2 is 1.81 bits per heavy atom. The average molecular weight is 292 g/mol. The van der Waals surface area contributed by atoms with Crippen molar-refractivity contribution in [1.82, 2.24) is 10.2 Å². The van der Waals surface area contributed by atoms with E-state index in [1.165, 1.54) is 57.8 Å². The highest BCUT2D eigenvalue weighted by Gasteiger charge is 2.40. The monoisotopic (exact) mass is 292 g/mol. The third-order valence-corrected chi connectivity index (χ3v) is 6.17. The third-order valence-electron chi connectivity index (χ3n) is 6.17. The molecular formula is C18H32N2O. The molecule has 0 aromatic rings. The molecule has 3 nitrogen and oxygen atoms in total. The maximum Gasteiger partial charge on any atom is 0.222 e. The minimum Gasteiger partial charge on any atom is -0.343 e. The van der Waals surface area contributed by atoms with Crippen molar-refractivity contribution < 1.29 is 4.79 Å². The van der Waals surface area contributed by atoms with Crippen molar-refractivity contribution in [2.24, 2.45) is 5.41 Å². The molecule has 2 aliphatic carbocycles. The topological polar surface area (TPSA) is 32.3 Å². The molecule has 1 atom stereocenters. The molecule has 3 heteroatoms. The van der Waals surface area contributed by atoms with Crippen LogP contribution in [0, 0.1) is 5.41 Å². The van der Waals surface area contributed by atoms with Crippen LogP contribution in [0.4, 0.5) is 0 Å². The Bertz CT molecular complexity index is 341. The molecule has 0 unspecified atom stereocenters. The van der Waals surface area contributed by atoms with Gasteiger partial charge in [-0.25, -0.2) is 0 Å². The maximum absolute atomic E-state index is 11.6. The van der Waals surface area contributed by atoms with E-state index in [1.54, 1.807) is 0 Å². The first-order valence-electron chi connectivity index (χ1n) is 9.31. The van der Waals surface area contributed by atoms with E-state index < -0.39 is 0 Å². The van der Waals surface area contributed by atoms with Gasteiger partial charge in [0.2, 0.25) is 5.91 Å². The number of hydrogen-bond acceptors (Lipinski definition) is 2. The summed E-state index contributed by atoms with van der Waals surface area (Å²) in [6.07, 6.45) is 15.9.